The Morgan fingerprint density at radius 1 is 1.35 bits per heavy atom. The van der Waals surface area contributed by atoms with E-state index in [-0.39, 0.29) is 12.5 Å². The number of carboxylic acids is 1. The van der Waals surface area contributed by atoms with Crippen molar-refractivity contribution < 1.29 is 19.4 Å². The molecule has 0 saturated heterocycles. The highest BCUT2D eigenvalue weighted by Crippen LogP contribution is 2.12. The van der Waals surface area contributed by atoms with Gasteiger partial charge in [0.1, 0.15) is 0 Å². The van der Waals surface area contributed by atoms with E-state index in [0.717, 1.165) is 11.1 Å². The summed E-state index contributed by atoms with van der Waals surface area (Å²) < 4.78 is 4.74. The summed E-state index contributed by atoms with van der Waals surface area (Å²) in [4.78, 5) is 22.4. The maximum Gasteiger partial charge on any atom is 0.334 e. The molecule has 0 aromatic heterocycles. The summed E-state index contributed by atoms with van der Waals surface area (Å²) in [6.07, 6.45) is -0.0251. The molecule has 0 bridgehead atoms. The molecular formula is C15H21NO4. The molecule has 1 aromatic rings. The number of carboxylic acid groups (broad SMARTS) is 1. The summed E-state index contributed by atoms with van der Waals surface area (Å²) in [6, 6.07) is 6.12. The standard InChI is InChI=1S/C15H21NO4/c1-10-4-5-12(11(2)8-10)6-7-14(17)16-9-13(20-3)15(18)19/h4-5,8,13H,6-7,9H2,1-3H3,(H,16,17)(H,18,19). The van der Waals surface area contributed by atoms with Crippen molar-refractivity contribution in [3.63, 3.8) is 0 Å². The Bertz CT molecular complexity index is 485. The molecule has 5 heteroatoms. The van der Waals surface area contributed by atoms with Crippen molar-refractivity contribution in [1.82, 2.24) is 5.32 Å². The van der Waals surface area contributed by atoms with Gasteiger partial charge in [-0.2, -0.15) is 0 Å². The van der Waals surface area contributed by atoms with E-state index in [2.05, 4.69) is 11.4 Å². The van der Waals surface area contributed by atoms with Gasteiger partial charge in [-0.3, -0.25) is 4.79 Å². The van der Waals surface area contributed by atoms with Crippen LogP contribution in [0, 0.1) is 13.8 Å². The van der Waals surface area contributed by atoms with Gasteiger partial charge in [0.15, 0.2) is 6.10 Å². The Morgan fingerprint density at radius 3 is 2.60 bits per heavy atom. The summed E-state index contributed by atoms with van der Waals surface area (Å²) in [5.41, 5.74) is 3.49. The third kappa shape index (κ3) is 5.01. The molecule has 1 atom stereocenters. The molecule has 0 fully saturated rings. The van der Waals surface area contributed by atoms with Gasteiger partial charge in [-0.15, -0.1) is 0 Å². The minimum Gasteiger partial charge on any atom is -0.479 e. The summed E-state index contributed by atoms with van der Waals surface area (Å²) in [6.45, 7) is 4.03. The summed E-state index contributed by atoms with van der Waals surface area (Å²) >= 11 is 0. The minimum absolute atomic E-state index is 0.0163. The fourth-order valence-corrected chi connectivity index (χ4v) is 1.94. The van der Waals surface area contributed by atoms with E-state index in [9.17, 15) is 9.59 Å². The first-order chi connectivity index (χ1) is 9.43. The van der Waals surface area contributed by atoms with Crippen molar-refractivity contribution in [2.24, 2.45) is 0 Å². The number of ether oxygens (including phenoxy) is 1. The van der Waals surface area contributed by atoms with Crippen LogP contribution in [0.15, 0.2) is 18.2 Å². The number of rotatable bonds is 7. The minimum atomic E-state index is -1.08. The van der Waals surface area contributed by atoms with Crippen LogP contribution in [-0.4, -0.2) is 36.7 Å². The van der Waals surface area contributed by atoms with Gasteiger partial charge in [0.05, 0.1) is 6.54 Å². The number of benzene rings is 1. The number of hydrogen-bond donors (Lipinski definition) is 2. The maximum atomic E-state index is 11.7. The Hall–Kier alpha value is -1.88. The number of aryl methyl sites for hydroxylation is 3. The smallest absolute Gasteiger partial charge is 0.334 e. The lowest BCUT2D eigenvalue weighted by atomic mass is 10.0. The molecule has 1 amide bonds. The van der Waals surface area contributed by atoms with Crippen LogP contribution in [-0.2, 0) is 20.7 Å². The van der Waals surface area contributed by atoms with Gasteiger partial charge < -0.3 is 15.2 Å². The molecule has 0 heterocycles. The SMILES string of the molecule is COC(CNC(=O)CCc1ccc(C)cc1C)C(=O)O. The first-order valence-electron chi connectivity index (χ1n) is 6.52. The van der Waals surface area contributed by atoms with E-state index in [0.29, 0.717) is 12.8 Å². The molecule has 1 rings (SSSR count). The lowest BCUT2D eigenvalue weighted by Crippen LogP contribution is -2.37. The second kappa shape index (κ2) is 7.65. The maximum absolute atomic E-state index is 11.7. The number of carbonyl (C=O) groups is 2. The summed E-state index contributed by atoms with van der Waals surface area (Å²) in [5.74, 6) is -1.25. The van der Waals surface area contributed by atoms with E-state index in [4.69, 9.17) is 9.84 Å². The Balaban J connectivity index is 2.41. The highest BCUT2D eigenvalue weighted by atomic mass is 16.5. The number of aliphatic carboxylic acids is 1. The first-order valence-corrected chi connectivity index (χ1v) is 6.52. The highest BCUT2D eigenvalue weighted by molar-refractivity contribution is 5.78. The van der Waals surface area contributed by atoms with Gasteiger partial charge in [0, 0.05) is 13.5 Å². The van der Waals surface area contributed by atoms with Gasteiger partial charge in [-0.1, -0.05) is 23.8 Å². The zero-order chi connectivity index (χ0) is 15.1. The monoisotopic (exact) mass is 279 g/mol. The lowest BCUT2D eigenvalue weighted by molar-refractivity contribution is -0.148. The van der Waals surface area contributed by atoms with Crippen LogP contribution in [0.2, 0.25) is 0 Å². The van der Waals surface area contributed by atoms with Crippen LogP contribution in [0.25, 0.3) is 0 Å². The van der Waals surface area contributed by atoms with Crippen LogP contribution >= 0.6 is 0 Å². The molecule has 2 N–H and O–H groups in total. The van der Waals surface area contributed by atoms with Crippen LogP contribution in [0.3, 0.4) is 0 Å². The predicted molar refractivity (Wildman–Crippen MR) is 75.7 cm³/mol. The molecule has 0 aliphatic rings. The van der Waals surface area contributed by atoms with Crippen molar-refractivity contribution >= 4 is 11.9 Å². The number of carbonyl (C=O) groups excluding carboxylic acids is 1. The molecule has 1 aromatic carbocycles. The molecular weight excluding hydrogens is 258 g/mol. The number of nitrogens with one attached hydrogen (secondary N) is 1. The lowest BCUT2D eigenvalue weighted by Gasteiger charge is -2.12. The van der Waals surface area contributed by atoms with Gasteiger partial charge >= 0.3 is 5.97 Å². The van der Waals surface area contributed by atoms with Crippen molar-refractivity contribution in [1.29, 1.82) is 0 Å². The summed E-state index contributed by atoms with van der Waals surface area (Å²) in [5, 5.41) is 11.4. The van der Waals surface area contributed by atoms with Crippen molar-refractivity contribution in [2.45, 2.75) is 32.8 Å². The van der Waals surface area contributed by atoms with Crippen molar-refractivity contribution in [3.05, 3.63) is 34.9 Å². The highest BCUT2D eigenvalue weighted by Gasteiger charge is 2.16. The van der Waals surface area contributed by atoms with Gasteiger partial charge in [0.2, 0.25) is 5.91 Å². The molecule has 0 aliphatic carbocycles. The average Bonchev–Trinajstić information content (AvgIpc) is 2.38. The van der Waals surface area contributed by atoms with Crippen LogP contribution in [0.4, 0.5) is 0 Å². The van der Waals surface area contributed by atoms with Gasteiger partial charge in [-0.05, 0) is 31.4 Å². The second-order valence-electron chi connectivity index (χ2n) is 4.80. The third-order valence-electron chi connectivity index (χ3n) is 3.16. The zero-order valence-corrected chi connectivity index (χ0v) is 12.1. The largest absolute Gasteiger partial charge is 0.479 e. The van der Waals surface area contributed by atoms with Crippen LogP contribution < -0.4 is 5.32 Å². The molecule has 0 radical (unpaired) electrons. The van der Waals surface area contributed by atoms with E-state index in [1.807, 2.05) is 26.0 Å². The number of amides is 1. The molecule has 0 spiro atoms. The van der Waals surface area contributed by atoms with Gasteiger partial charge in [0.25, 0.3) is 0 Å². The fraction of sp³-hybridized carbons (Fsp3) is 0.467. The topological polar surface area (TPSA) is 75.6 Å². The van der Waals surface area contributed by atoms with E-state index in [1.165, 1.54) is 12.7 Å². The van der Waals surface area contributed by atoms with Crippen LogP contribution in [0.5, 0.6) is 0 Å². The Kier molecular flexibility index (Phi) is 6.18. The van der Waals surface area contributed by atoms with Gasteiger partial charge in [-0.25, -0.2) is 4.79 Å². The fourth-order valence-electron chi connectivity index (χ4n) is 1.94. The average molecular weight is 279 g/mol. The molecule has 1 unspecified atom stereocenters. The molecule has 0 aliphatic heterocycles. The number of hydrogen-bond acceptors (Lipinski definition) is 3. The van der Waals surface area contributed by atoms with Crippen molar-refractivity contribution in [3.8, 4) is 0 Å². The Morgan fingerprint density at radius 2 is 2.05 bits per heavy atom. The zero-order valence-electron chi connectivity index (χ0n) is 12.1. The normalized spacial score (nSPS) is 11.9. The number of methoxy groups -OCH3 is 1. The third-order valence-corrected chi connectivity index (χ3v) is 3.16. The molecule has 20 heavy (non-hydrogen) atoms. The summed E-state index contributed by atoms with van der Waals surface area (Å²) in [7, 11) is 1.31. The molecule has 0 saturated carbocycles. The first kappa shape index (κ1) is 16.2. The van der Waals surface area contributed by atoms with E-state index < -0.39 is 12.1 Å². The predicted octanol–water partition coefficient (Wildman–Crippen LogP) is 1.45. The van der Waals surface area contributed by atoms with Crippen molar-refractivity contribution in [2.75, 3.05) is 13.7 Å². The second-order valence-corrected chi connectivity index (χ2v) is 4.80. The molecule has 110 valence electrons. The quantitative estimate of drug-likeness (QED) is 0.792. The Labute approximate surface area is 118 Å². The van der Waals surface area contributed by atoms with E-state index in [1.54, 1.807) is 0 Å². The van der Waals surface area contributed by atoms with E-state index >= 15 is 0 Å². The molecule has 5 nitrogen and oxygen atoms in total. The van der Waals surface area contributed by atoms with Crippen LogP contribution in [0.1, 0.15) is 23.1 Å².